The highest BCUT2D eigenvalue weighted by Gasteiger charge is 2.48. The van der Waals surface area contributed by atoms with Gasteiger partial charge in [-0.05, 0) is 95.0 Å². The number of piperidine rings is 3. The first-order valence-electron chi connectivity index (χ1n) is 14.4. The summed E-state index contributed by atoms with van der Waals surface area (Å²) in [5.41, 5.74) is 0.0440. The molecule has 1 aromatic rings. The van der Waals surface area contributed by atoms with Crippen LogP contribution in [-0.2, 0) is 24.8 Å². The van der Waals surface area contributed by atoms with Gasteiger partial charge in [-0.25, -0.2) is 16.8 Å². The summed E-state index contributed by atoms with van der Waals surface area (Å²) in [6, 6.07) is 6.51. The number of sulfonamides is 2. The van der Waals surface area contributed by atoms with Gasteiger partial charge in [0.25, 0.3) is 0 Å². The van der Waals surface area contributed by atoms with E-state index in [1.807, 2.05) is 27.7 Å². The summed E-state index contributed by atoms with van der Waals surface area (Å²) in [6.45, 7) is 11.3. The Hall–Kier alpha value is -1.53. The number of amides is 1. The van der Waals surface area contributed by atoms with Crippen molar-refractivity contribution in [2.75, 3.05) is 50.3 Å². The number of hydrogen-bond donors (Lipinski definition) is 1. The molecule has 0 aliphatic carbocycles. The second-order valence-corrected chi connectivity index (χ2v) is 16.7. The van der Waals surface area contributed by atoms with Crippen LogP contribution in [0, 0.1) is 11.3 Å². The summed E-state index contributed by atoms with van der Waals surface area (Å²) in [5.74, 6) is 0.0679. The van der Waals surface area contributed by atoms with E-state index < -0.39 is 20.0 Å². The molecule has 3 aliphatic rings. The smallest absolute Gasteiger partial charge is 0.243 e. The van der Waals surface area contributed by atoms with Gasteiger partial charge in [0.15, 0.2) is 0 Å². The van der Waals surface area contributed by atoms with Gasteiger partial charge in [0.05, 0.1) is 17.2 Å². The Morgan fingerprint density at radius 2 is 1.62 bits per heavy atom. The first-order valence-corrected chi connectivity index (χ1v) is 17.4. The van der Waals surface area contributed by atoms with Crippen molar-refractivity contribution >= 4 is 31.6 Å². The molecule has 3 heterocycles. The molecule has 1 N–H and O–H groups in total. The van der Waals surface area contributed by atoms with Gasteiger partial charge in [0.2, 0.25) is 26.0 Å². The summed E-state index contributed by atoms with van der Waals surface area (Å²) in [5, 5.41) is 2.88. The van der Waals surface area contributed by atoms with Crippen molar-refractivity contribution in [1.29, 1.82) is 0 Å². The van der Waals surface area contributed by atoms with Gasteiger partial charge in [-0.3, -0.25) is 9.69 Å². The lowest BCUT2D eigenvalue weighted by atomic mass is 9.69. The zero-order valence-electron chi connectivity index (χ0n) is 24.0. The number of carbonyl (C=O) groups excluding carboxylic acids is 1. The molecule has 1 aromatic carbocycles. The fourth-order valence-electron chi connectivity index (χ4n) is 6.27. The van der Waals surface area contributed by atoms with Gasteiger partial charge in [0.1, 0.15) is 0 Å². The summed E-state index contributed by atoms with van der Waals surface area (Å²) < 4.78 is 55.8. The van der Waals surface area contributed by atoms with Crippen LogP contribution in [0.1, 0.15) is 72.6 Å². The lowest BCUT2D eigenvalue weighted by Crippen LogP contribution is -2.59. The van der Waals surface area contributed by atoms with E-state index in [2.05, 4.69) is 10.2 Å². The van der Waals surface area contributed by atoms with Gasteiger partial charge in [0, 0.05) is 30.9 Å². The number of anilines is 1. The van der Waals surface area contributed by atoms with Crippen molar-refractivity contribution in [2.24, 2.45) is 11.3 Å². The number of benzene rings is 1. The fraction of sp³-hybridized carbons (Fsp3) is 0.750. The van der Waals surface area contributed by atoms with E-state index in [4.69, 9.17) is 0 Å². The topological polar surface area (TPSA) is 107 Å². The quantitative estimate of drug-likeness (QED) is 0.501. The van der Waals surface area contributed by atoms with Crippen LogP contribution < -0.4 is 5.32 Å². The molecule has 11 heteroatoms. The van der Waals surface area contributed by atoms with Gasteiger partial charge < -0.3 is 5.32 Å². The lowest BCUT2D eigenvalue weighted by molar-refractivity contribution is -0.118. The standard InChI is InChI=1S/C28H46N4O5S2/c1-23(2)21-38(34,35)32-22-28(12-11-27(32,3)4)13-17-30(18-14-28)20-26(33)29-24-9-8-10-25(19-24)39(36,37)31-15-6-5-7-16-31/h8-10,19,23H,5-7,11-18,20-22H2,1-4H3,(H,29,33). The average molecular weight is 583 g/mol. The Labute approximate surface area is 235 Å². The van der Waals surface area contributed by atoms with E-state index in [1.165, 1.54) is 4.31 Å². The SMILES string of the molecule is CC(C)CS(=O)(=O)N1CC2(CCN(CC(=O)Nc3cccc(S(=O)(=O)N4CCCCC4)c3)CC2)CCC1(C)C. The number of rotatable bonds is 8. The second-order valence-electron chi connectivity index (χ2n) is 12.8. The van der Waals surface area contributed by atoms with Crippen LogP contribution in [0.4, 0.5) is 5.69 Å². The molecule has 3 aliphatic heterocycles. The van der Waals surface area contributed by atoms with Crippen molar-refractivity contribution in [1.82, 2.24) is 13.5 Å². The number of nitrogens with zero attached hydrogens (tertiary/aromatic N) is 3. The average Bonchev–Trinajstić information content (AvgIpc) is 2.87. The van der Waals surface area contributed by atoms with E-state index in [1.54, 1.807) is 28.6 Å². The molecule has 0 aromatic heterocycles. The van der Waals surface area contributed by atoms with Crippen molar-refractivity contribution in [3.05, 3.63) is 24.3 Å². The minimum atomic E-state index is -3.57. The third-order valence-corrected chi connectivity index (χ3v) is 12.9. The minimum Gasteiger partial charge on any atom is -0.325 e. The van der Waals surface area contributed by atoms with Crippen molar-refractivity contribution < 1.29 is 21.6 Å². The van der Waals surface area contributed by atoms with Gasteiger partial charge in [-0.15, -0.1) is 0 Å². The molecule has 0 saturated carbocycles. The summed E-state index contributed by atoms with van der Waals surface area (Å²) >= 11 is 0. The first-order chi connectivity index (χ1) is 18.2. The highest BCUT2D eigenvalue weighted by Crippen LogP contribution is 2.46. The summed E-state index contributed by atoms with van der Waals surface area (Å²) in [6.07, 6.45) is 6.33. The molecule has 3 fully saturated rings. The van der Waals surface area contributed by atoms with E-state index in [9.17, 15) is 21.6 Å². The van der Waals surface area contributed by atoms with E-state index in [-0.39, 0.29) is 40.0 Å². The second kappa shape index (κ2) is 11.8. The molecule has 4 rings (SSSR count). The highest BCUT2D eigenvalue weighted by atomic mass is 32.2. The Morgan fingerprint density at radius 1 is 0.949 bits per heavy atom. The third kappa shape index (κ3) is 7.22. The zero-order chi connectivity index (χ0) is 28.5. The van der Waals surface area contributed by atoms with Crippen LogP contribution >= 0.6 is 0 Å². The maximum absolute atomic E-state index is 13.2. The van der Waals surface area contributed by atoms with Crippen LogP contribution in [0.5, 0.6) is 0 Å². The number of likely N-dealkylation sites (tertiary alicyclic amines) is 1. The minimum absolute atomic E-state index is 0.0519. The van der Waals surface area contributed by atoms with Crippen LogP contribution in [-0.4, -0.2) is 86.8 Å². The maximum Gasteiger partial charge on any atom is 0.243 e. The van der Waals surface area contributed by atoms with Crippen molar-refractivity contribution in [3.8, 4) is 0 Å². The van der Waals surface area contributed by atoms with E-state index in [0.29, 0.717) is 25.3 Å². The molecular formula is C28H46N4O5S2. The summed E-state index contributed by atoms with van der Waals surface area (Å²) in [7, 11) is -6.91. The largest absolute Gasteiger partial charge is 0.325 e. The molecule has 0 unspecified atom stereocenters. The molecule has 220 valence electrons. The lowest BCUT2D eigenvalue weighted by Gasteiger charge is -2.53. The van der Waals surface area contributed by atoms with Crippen LogP contribution in [0.15, 0.2) is 29.2 Å². The van der Waals surface area contributed by atoms with Crippen molar-refractivity contribution in [3.63, 3.8) is 0 Å². The van der Waals surface area contributed by atoms with Gasteiger partial charge in [-0.2, -0.15) is 8.61 Å². The molecule has 9 nitrogen and oxygen atoms in total. The van der Waals surface area contributed by atoms with E-state index >= 15 is 0 Å². The first kappa shape index (κ1) is 30.4. The number of carbonyl (C=O) groups is 1. The molecule has 1 spiro atoms. The normalized spacial score (nSPS) is 23.2. The van der Waals surface area contributed by atoms with Crippen LogP contribution in [0.25, 0.3) is 0 Å². The third-order valence-electron chi connectivity index (χ3n) is 8.66. The fourth-order valence-corrected chi connectivity index (χ4v) is 10.2. The molecule has 0 atom stereocenters. The molecule has 3 saturated heterocycles. The number of hydrogen-bond acceptors (Lipinski definition) is 6. The molecule has 0 bridgehead atoms. The monoisotopic (exact) mass is 582 g/mol. The zero-order valence-corrected chi connectivity index (χ0v) is 25.6. The number of nitrogens with one attached hydrogen (secondary N) is 1. The summed E-state index contributed by atoms with van der Waals surface area (Å²) in [4.78, 5) is 15.2. The molecule has 0 radical (unpaired) electrons. The maximum atomic E-state index is 13.2. The Kier molecular flexibility index (Phi) is 9.17. The predicted octanol–water partition coefficient (Wildman–Crippen LogP) is 3.74. The van der Waals surface area contributed by atoms with Crippen LogP contribution in [0.2, 0.25) is 0 Å². The molecule has 1 amide bonds. The Morgan fingerprint density at radius 3 is 2.26 bits per heavy atom. The predicted molar refractivity (Wildman–Crippen MR) is 154 cm³/mol. The van der Waals surface area contributed by atoms with Gasteiger partial charge in [-0.1, -0.05) is 26.3 Å². The Bertz CT molecular complexity index is 1230. The van der Waals surface area contributed by atoms with E-state index in [0.717, 1.165) is 58.0 Å². The molecule has 39 heavy (non-hydrogen) atoms. The van der Waals surface area contributed by atoms with Crippen molar-refractivity contribution in [2.45, 2.75) is 83.1 Å². The molecular weight excluding hydrogens is 536 g/mol. The van der Waals surface area contributed by atoms with Crippen LogP contribution in [0.3, 0.4) is 0 Å². The Balaban J connectivity index is 1.34. The van der Waals surface area contributed by atoms with Gasteiger partial charge >= 0.3 is 0 Å². The highest BCUT2D eigenvalue weighted by molar-refractivity contribution is 7.89.